The van der Waals surface area contributed by atoms with Gasteiger partial charge < -0.3 is 5.32 Å². The van der Waals surface area contributed by atoms with Crippen LogP contribution in [0.1, 0.15) is 51.1 Å². The quantitative estimate of drug-likeness (QED) is 0.796. The zero-order chi connectivity index (χ0) is 13.8. The summed E-state index contributed by atoms with van der Waals surface area (Å²) in [5.41, 5.74) is 0.821. The third-order valence-electron chi connectivity index (χ3n) is 4.26. The molecule has 1 aromatic carbocycles. The van der Waals surface area contributed by atoms with E-state index in [1.54, 1.807) is 12.1 Å². The lowest BCUT2D eigenvalue weighted by molar-refractivity contribution is 0.295. The molecule has 106 valence electrons. The molecule has 1 aliphatic carbocycles. The lowest BCUT2D eigenvalue weighted by Crippen LogP contribution is -2.31. The summed E-state index contributed by atoms with van der Waals surface area (Å²) < 4.78 is 15.1. The molecule has 0 bridgehead atoms. The van der Waals surface area contributed by atoms with E-state index in [9.17, 15) is 4.39 Å². The molecule has 2 rings (SSSR count). The van der Waals surface area contributed by atoms with Gasteiger partial charge in [-0.05, 0) is 49.4 Å². The Bertz CT molecular complexity index is 421. The van der Waals surface area contributed by atoms with E-state index >= 15 is 0 Å². The minimum atomic E-state index is -0.0871. The van der Waals surface area contributed by atoms with E-state index in [1.807, 2.05) is 6.07 Å². The molecule has 3 unspecified atom stereocenters. The van der Waals surface area contributed by atoms with Gasteiger partial charge in [0.25, 0.3) is 0 Å². The first-order valence-corrected chi connectivity index (χ1v) is 8.11. The molecule has 0 aliphatic heterocycles. The molecule has 3 atom stereocenters. The van der Waals surface area contributed by atoms with Crippen molar-refractivity contribution in [3.05, 3.63) is 34.1 Å². The predicted molar refractivity (Wildman–Crippen MR) is 81.6 cm³/mol. The van der Waals surface area contributed by atoms with Crippen LogP contribution in [0, 0.1) is 17.7 Å². The average molecular weight is 328 g/mol. The molecule has 1 aliphatic rings. The highest BCUT2D eigenvalue weighted by Crippen LogP contribution is 2.41. The zero-order valence-corrected chi connectivity index (χ0v) is 13.3. The Labute approximate surface area is 124 Å². The van der Waals surface area contributed by atoms with Crippen LogP contribution in [0.5, 0.6) is 0 Å². The van der Waals surface area contributed by atoms with Gasteiger partial charge in [-0.25, -0.2) is 4.39 Å². The molecule has 3 heteroatoms. The van der Waals surface area contributed by atoms with Crippen LogP contribution in [0.3, 0.4) is 0 Å². The van der Waals surface area contributed by atoms with Gasteiger partial charge in [0.15, 0.2) is 0 Å². The monoisotopic (exact) mass is 327 g/mol. The highest BCUT2D eigenvalue weighted by Gasteiger charge is 2.32. The van der Waals surface area contributed by atoms with Crippen molar-refractivity contribution in [3.63, 3.8) is 0 Å². The summed E-state index contributed by atoms with van der Waals surface area (Å²) in [4.78, 5) is 0. The van der Waals surface area contributed by atoms with Crippen molar-refractivity contribution in [2.24, 2.45) is 11.8 Å². The fourth-order valence-electron chi connectivity index (χ4n) is 3.21. The first-order chi connectivity index (χ1) is 9.13. The molecule has 0 aromatic heterocycles. The minimum absolute atomic E-state index is 0.0871. The van der Waals surface area contributed by atoms with E-state index in [0.29, 0.717) is 11.8 Å². The summed E-state index contributed by atoms with van der Waals surface area (Å²) >= 11 is 3.46. The van der Waals surface area contributed by atoms with Gasteiger partial charge in [-0.1, -0.05) is 42.6 Å². The Kier molecular flexibility index (Phi) is 5.40. The highest BCUT2D eigenvalue weighted by atomic mass is 79.9. The Hall–Kier alpha value is -0.410. The van der Waals surface area contributed by atoms with Crippen molar-refractivity contribution in [1.82, 2.24) is 5.32 Å². The predicted octanol–water partition coefficient (Wildman–Crippen LogP) is 5.07. The van der Waals surface area contributed by atoms with Gasteiger partial charge in [0.2, 0.25) is 0 Å². The second-order valence-corrected chi connectivity index (χ2v) is 6.59. The summed E-state index contributed by atoms with van der Waals surface area (Å²) in [5.74, 6) is 1.14. The Morgan fingerprint density at radius 1 is 1.42 bits per heavy atom. The van der Waals surface area contributed by atoms with Crippen LogP contribution in [0.15, 0.2) is 22.7 Å². The highest BCUT2D eigenvalue weighted by molar-refractivity contribution is 9.10. The van der Waals surface area contributed by atoms with Crippen LogP contribution in [0.2, 0.25) is 0 Å². The molecule has 1 N–H and O–H groups in total. The van der Waals surface area contributed by atoms with Crippen molar-refractivity contribution in [2.45, 2.75) is 45.6 Å². The van der Waals surface area contributed by atoms with E-state index in [4.69, 9.17) is 0 Å². The lowest BCUT2D eigenvalue weighted by atomic mass is 9.85. The maximum atomic E-state index is 14.2. The normalized spacial score (nSPS) is 24.6. The molecular weight excluding hydrogens is 305 g/mol. The number of hydrogen-bond donors (Lipinski definition) is 1. The molecule has 19 heavy (non-hydrogen) atoms. The summed E-state index contributed by atoms with van der Waals surface area (Å²) in [6.45, 7) is 5.40. The number of halogens is 2. The van der Waals surface area contributed by atoms with Crippen molar-refractivity contribution in [3.8, 4) is 0 Å². The summed E-state index contributed by atoms with van der Waals surface area (Å²) in [7, 11) is 0. The number of hydrogen-bond acceptors (Lipinski definition) is 1. The van der Waals surface area contributed by atoms with Crippen LogP contribution in [0.25, 0.3) is 0 Å². The van der Waals surface area contributed by atoms with Crippen molar-refractivity contribution >= 4 is 15.9 Å². The fraction of sp³-hybridized carbons (Fsp3) is 0.625. The van der Waals surface area contributed by atoms with Crippen LogP contribution in [0.4, 0.5) is 4.39 Å². The van der Waals surface area contributed by atoms with Gasteiger partial charge >= 0.3 is 0 Å². The van der Waals surface area contributed by atoms with E-state index in [0.717, 1.165) is 23.0 Å². The SMILES string of the molecule is CCCNC(c1cc(Br)ccc1F)C1CCCC1C. The van der Waals surface area contributed by atoms with Gasteiger partial charge in [-0.2, -0.15) is 0 Å². The van der Waals surface area contributed by atoms with E-state index < -0.39 is 0 Å². The van der Waals surface area contributed by atoms with Crippen LogP contribution in [-0.4, -0.2) is 6.54 Å². The molecular formula is C16H23BrFN. The topological polar surface area (TPSA) is 12.0 Å². The molecule has 0 radical (unpaired) electrons. The van der Waals surface area contributed by atoms with Gasteiger partial charge in [0.1, 0.15) is 5.82 Å². The number of nitrogens with one attached hydrogen (secondary N) is 1. The van der Waals surface area contributed by atoms with E-state index in [1.165, 1.54) is 19.3 Å². The molecule has 1 saturated carbocycles. The second kappa shape index (κ2) is 6.85. The smallest absolute Gasteiger partial charge is 0.128 e. The van der Waals surface area contributed by atoms with Gasteiger partial charge in [-0.3, -0.25) is 0 Å². The molecule has 1 nitrogen and oxygen atoms in total. The summed E-state index contributed by atoms with van der Waals surface area (Å²) in [5, 5.41) is 3.57. The zero-order valence-electron chi connectivity index (χ0n) is 11.8. The molecule has 1 aromatic rings. The summed E-state index contributed by atoms with van der Waals surface area (Å²) in [6.07, 6.45) is 4.82. The third kappa shape index (κ3) is 3.57. The average Bonchev–Trinajstić information content (AvgIpc) is 2.80. The lowest BCUT2D eigenvalue weighted by Gasteiger charge is -2.29. The third-order valence-corrected chi connectivity index (χ3v) is 4.76. The van der Waals surface area contributed by atoms with E-state index in [2.05, 4.69) is 35.1 Å². The van der Waals surface area contributed by atoms with Crippen LogP contribution in [-0.2, 0) is 0 Å². The number of benzene rings is 1. The molecule has 0 spiro atoms. The van der Waals surface area contributed by atoms with Gasteiger partial charge in [-0.15, -0.1) is 0 Å². The fourth-order valence-corrected chi connectivity index (χ4v) is 3.59. The van der Waals surface area contributed by atoms with E-state index in [-0.39, 0.29) is 11.9 Å². The maximum absolute atomic E-state index is 14.2. The Morgan fingerprint density at radius 2 is 2.21 bits per heavy atom. The Morgan fingerprint density at radius 3 is 2.84 bits per heavy atom. The van der Waals surface area contributed by atoms with Crippen molar-refractivity contribution < 1.29 is 4.39 Å². The van der Waals surface area contributed by atoms with Crippen molar-refractivity contribution in [2.75, 3.05) is 6.54 Å². The van der Waals surface area contributed by atoms with Crippen molar-refractivity contribution in [1.29, 1.82) is 0 Å². The maximum Gasteiger partial charge on any atom is 0.128 e. The Balaban J connectivity index is 2.28. The first-order valence-electron chi connectivity index (χ1n) is 7.31. The van der Waals surface area contributed by atoms with Gasteiger partial charge in [0.05, 0.1) is 0 Å². The second-order valence-electron chi connectivity index (χ2n) is 5.67. The molecule has 0 saturated heterocycles. The first kappa shape index (κ1) is 15.0. The molecule has 0 heterocycles. The van der Waals surface area contributed by atoms with Crippen LogP contribution >= 0.6 is 15.9 Å². The molecule has 1 fully saturated rings. The standard InChI is InChI=1S/C16H23BrFN/c1-3-9-19-16(13-6-4-5-11(13)2)14-10-12(17)7-8-15(14)18/h7-8,10-11,13,16,19H,3-6,9H2,1-2H3. The number of rotatable bonds is 5. The minimum Gasteiger partial charge on any atom is -0.310 e. The molecule has 0 amide bonds. The van der Waals surface area contributed by atoms with Gasteiger partial charge in [0, 0.05) is 16.1 Å². The largest absolute Gasteiger partial charge is 0.310 e. The summed E-state index contributed by atoms with van der Waals surface area (Å²) in [6, 6.07) is 5.43. The van der Waals surface area contributed by atoms with Crippen LogP contribution < -0.4 is 5.32 Å².